The highest BCUT2D eigenvalue weighted by Crippen LogP contribution is 2.42. The van der Waals surface area contributed by atoms with Crippen molar-refractivity contribution >= 4 is 22.5 Å². The maximum Gasteiger partial charge on any atom is 0.251 e. The molecule has 5 aromatic rings. The van der Waals surface area contributed by atoms with E-state index in [4.69, 9.17) is 18.0 Å². The van der Waals surface area contributed by atoms with Crippen molar-refractivity contribution in [1.29, 1.82) is 0 Å². The number of hydrogen-bond acceptors (Lipinski definition) is 2. The van der Waals surface area contributed by atoms with Crippen LogP contribution in [0, 0.1) is 19.3 Å². The summed E-state index contributed by atoms with van der Waals surface area (Å²) in [6.45, 7) is 4.31. The summed E-state index contributed by atoms with van der Waals surface area (Å²) in [5.74, 6) is 2.70. The van der Waals surface area contributed by atoms with Gasteiger partial charge in [0.05, 0.1) is 5.52 Å². The van der Waals surface area contributed by atoms with E-state index in [0.29, 0.717) is 5.02 Å². The SMILES string of the molecule is C#Cc1cccc(-c2cc(=O)n(C)c3ccc([C@](C)(c4ccc(Cl)cc4)c4cnccc4C)cc23)c1. The molecule has 0 saturated heterocycles. The molecule has 3 nitrogen and oxygen atoms in total. The molecule has 1 atom stereocenters. The van der Waals surface area contributed by atoms with Crippen LogP contribution in [-0.2, 0) is 12.5 Å². The summed E-state index contributed by atoms with van der Waals surface area (Å²) >= 11 is 6.25. The molecule has 0 aliphatic heterocycles. The molecule has 0 saturated carbocycles. The number of hydrogen-bond donors (Lipinski definition) is 0. The summed E-state index contributed by atoms with van der Waals surface area (Å²) in [6, 6.07) is 25.8. The Kier molecular flexibility index (Phi) is 6.00. The van der Waals surface area contributed by atoms with Gasteiger partial charge in [0.2, 0.25) is 0 Å². The lowest BCUT2D eigenvalue weighted by molar-refractivity contribution is 0.683. The van der Waals surface area contributed by atoms with Gasteiger partial charge in [-0.1, -0.05) is 47.9 Å². The van der Waals surface area contributed by atoms with Crippen LogP contribution in [0.2, 0.25) is 5.02 Å². The Hall–Kier alpha value is -4.13. The molecule has 0 aliphatic rings. The zero-order valence-electron chi connectivity index (χ0n) is 20.4. The van der Waals surface area contributed by atoms with E-state index in [0.717, 1.165) is 49.8 Å². The second-order valence-corrected chi connectivity index (χ2v) is 9.67. The summed E-state index contributed by atoms with van der Waals surface area (Å²) < 4.78 is 1.68. The van der Waals surface area contributed by atoms with Crippen LogP contribution in [0.1, 0.15) is 34.7 Å². The van der Waals surface area contributed by atoms with Crippen LogP contribution < -0.4 is 5.56 Å². The van der Waals surface area contributed by atoms with Crippen LogP contribution in [0.4, 0.5) is 0 Å². The Morgan fingerprint density at radius 3 is 2.44 bits per heavy atom. The second kappa shape index (κ2) is 9.15. The number of nitrogens with zero attached hydrogens (tertiary/aromatic N) is 2. The van der Waals surface area contributed by atoms with Crippen LogP contribution in [0.15, 0.2) is 96.1 Å². The first-order valence-electron chi connectivity index (χ1n) is 11.7. The molecule has 36 heavy (non-hydrogen) atoms. The standard InChI is InChI=1S/C32H25ClN2O/c1-5-22-7-6-8-23(17-22)27-19-31(36)35(4)30-14-11-25(18-28(27)30)32(3,24-9-12-26(33)13-10-24)29-20-34-16-15-21(29)2/h1,6-20H,2-4H3/t32-/m0/s1. The van der Waals surface area contributed by atoms with Crippen molar-refractivity contribution in [2.75, 3.05) is 0 Å². The van der Waals surface area contributed by atoms with Gasteiger partial charge >= 0.3 is 0 Å². The molecule has 2 aromatic heterocycles. The van der Waals surface area contributed by atoms with Crippen LogP contribution in [-0.4, -0.2) is 9.55 Å². The molecule has 5 rings (SSSR count). The predicted molar refractivity (Wildman–Crippen MR) is 149 cm³/mol. The van der Waals surface area contributed by atoms with E-state index in [9.17, 15) is 4.79 Å². The average molecular weight is 489 g/mol. The van der Waals surface area contributed by atoms with Crippen molar-refractivity contribution in [2.45, 2.75) is 19.3 Å². The minimum atomic E-state index is -0.510. The van der Waals surface area contributed by atoms with Gasteiger partial charge in [-0.15, -0.1) is 6.42 Å². The van der Waals surface area contributed by atoms with Gasteiger partial charge in [-0.3, -0.25) is 9.78 Å². The minimum Gasteiger partial charge on any atom is -0.311 e. The predicted octanol–water partition coefficient (Wildman–Crippen LogP) is 6.90. The molecule has 0 aliphatic carbocycles. The van der Waals surface area contributed by atoms with E-state index < -0.39 is 5.41 Å². The highest BCUT2D eigenvalue weighted by molar-refractivity contribution is 6.30. The number of halogens is 1. The Labute approximate surface area is 216 Å². The van der Waals surface area contributed by atoms with Crippen molar-refractivity contribution in [3.8, 4) is 23.5 Å². The maximum absolute atomic E-state index is 12.9. The fourth-order valence-electron chi connectivity index (χ4n) is 5.04. The quantitative estimate of drug-likeness (QED) is 0.258. The number of rotatable bonds is 4. The van der Waals surface area contributed by atoms with Gasteiger partial charge < -0.3 is 4.57 Å². The third-order valence-electron chi connectivity index (χ3n) is 7.16. The normalized spacial score (nSPS) is 12.8. The van der Waals surface area contributed by atoms with E-state index in [1.165, 1.54) is 0 Å². The molecule has 176 valence electrons. The topological polar surface area (TPSA) is 34.9 Å². The molecule has 2 heterocycles. The molecule has 0 bridgehead atoms. The van der Waals surface area contributed by atoms with E-state index >= 15 is 0 Å². The van der Waals surface area contributed by atoms with Gasteiger partial charge in [0, 0.05) is 46.9 Å². The second-order valence-electron chi connectivity index (χ2n) is 9.23. The smallest absolute Gasteiger partial charge is 0.251 e. The monoisotopic (exact) mass is 488 g/mol. The molecule has 0 fully saturated rings. The van der Waals surface area contributed by atoms with Gasteiger partial charge in [-0.05, 0) is 89.7 Å². The van der Waals surface area contributed by atoms with Crippen molar-refractivity contribution in [3.63, 3.8) is 0 Å². The average Bonchev–Trinajstić information content (AvgIpc) is 2.90. The Morgan fingerprint density at radius 2 is 1.72 bits per heavy atom. The number of aryl methyl sites for hydroxylation is 2. The lowest BCUT2D eigenvalue weighted by Crippen LogP contribution is -2.27. The number of aromatic nitrogens is 2. The van der Waals surface area contributed by atoms with Gasteiger partial charge in [0.1, 0.15) is 0 Å². The fraction of sp³-hybridized carbons (Fsp3) is 0.125. The first kappa shape index (κ1) is 23.6. The summed E-state index contributed by atoms with van der Waals surface area (Å²) in [5, 5.41) is 1.67. The number of benzene rings is 3. The van der Waals surface area contributed by atoms with Crippen molar-refractivity contribution in [3.05, 3.63) is 134 Å². The lowest BCUT2D eigenvalue weighted by atomic mass is 9.70. The third-order valence-corrected chi connectivity index (χ3v) is 7.42. The van der Waals surface area contributed by atoms with Crippen LogP contribution >= 0.6 is 11.6 Å². The summed E-state index contributed by atoms with van der Waals surface area (Å²) in [7, 11) is 1.80. The molecule has 4 heteroatoms. The molecule has 0 radical (unpaired) electrons. The van der Waals surface area contributed by atoms with E-state index in [-0.39, 0.29) is 5.56 Å². The zero-order chi connectivity index (χ0) is 25.4. The largest absolute Gasteiger partial charge is 0.311 e. The van der Waals surface area contributed by atoms with Crippen LogP contribution in [0.25, 0.3) is 22.0 Å². The Balaban J connectivity index is 1.85. The van der Waals surface area contributed by atoms with Crippen molar-refractivity contribution in [1.82, 2.24) is 9.55 Å². The molecule has 3 aromatic carbocycles. The third kappa shape index (κ3) is 3.90. The van der Waals surface area contributed by atoms with E-state index in [1.54, 1.807) is 17.7 Å². The molecular formula is C32H25ClN2O. The van der Waals surface area contributed by atoms with Crippen LogP contribution in [0.3, 0.4) is 0 Å². The first-order valence-corrected chi connectivity index (χ1v) is 12.1. The zero-order valence-corrected chi connectivity index (χ0v) is 21.2. The van der Waals surface area contributed by atoms with Crippen molar-refractivity contribution in [2.24, 2.45) is 7.05 Å². The van der Waals surface area contributed by atoms with Gasteiger partial charge in [0.25, 0.3) is 5.56 Å². The Bertz CT molecular complexity index is 1710. The summed E-state index contributed by atoms with van der Waals surface area (Å²) in [5.41, 5.74) is 7.25. The molecule has 0 unspecified atom stereocenters. The molecule has 0 amide bonds. The maximum atomic E-state index is 12.9. The lowest BCUT2D eigenvalue weighted by Gasteiger charge is -2.33. The van der Waals surface area contributed by atoms with E-state index in [1.807, 2.05) is 60.9 Å². The van der Waals surface area contributed by atoms with Crippen molar-refractivity contribution < 1.29 is 0 Å². The molecule has 0 N–H and O–H groups in total. The van der Waals surface area contributed by atoms with Gasteiger partial charge in [0.15, 0.2) is 0 Å². The van der Waals surface area contributed by atoms with E-state index in [2.05, 4.69) is 49.0 Å². The highest BCUT2D eigenvalue weighted by Gasteiger charge is 2.33. The van der Waals surface area contributed by atoms with Crippen LogP contribution in [0.5, 0.6) is 0 Å². The molecule has 0 spiro atoms. The number of pyridine rings is 2. The number of terminal acetylenes is 1. The van der Waals surface area contributed by atoms with Gasteiger partial charge in [-0.25, -0.2) is 0 Å². The summed E-state index contributed by atoms with van der Waals surface area (Å²) in [4.78, 5) is 17.3. The van der Waals surface area contributed by atoms with Gasteiger partial charge in [-0.2, -0.15) is 0 Å². The molecular weight excluding hydrogens is 464 g/mol. The minimum absolute atomic E-state index is 0.0695. The fourth-order valence-corrected chi connectivity index (χ4v) is 5.16. The Morgan fingerprint density at radius 1 is 0.972 bits per heavy atom. The summed E-state index contributed by atoms with van der Waals surface area (Å²) in [6.07, 6.45) is 9.42. The number of fused-ring (bicyclic) bond motifs is 1. The highest BCUT2D eigenvalue weighted by atomic mass is 35.5. The first-order chi connectivity index (χ1) is 17.3.